The van der Waals surface area contributed by atoms with Gasteiger partial charge in [0, 0.05) is 31.5 Å². The second-order valence-corrected chi connectivity index (χ2v) is 13.8. The molecule has 0 aromatic carbocycles. The lowest BCUT2D eigenvalue weighted by Gasteiger charge is -2.30. The Bertz CT molecular complexity index is 880. The standard InChI is InChI=1S/C29H38Br2O2S2/c1-3-5-7-9-21-32-23-29(24-33-22-10-8-6-4-2,19-11-13-25-15-17-27(30)34-25)20-12-14-26-16-18-28(31)35-26/h15-18H,3-10,19-24H2,1-2H3. The Morgan fingerprint density at radius 2 is 1.14 bits per heavy atom. The van der Waals surface area contributed by atoms with E-state index in [1.807, 2.05) is 12.1 Å². The van der Waals surface area contributed by atoms with Crippen LogP contribution in [0.5, 0.6) is 0 Å². The van der Waals surface area contributed by atoms with Crippen LogP contribution in [0.2, 0.25) is 0 Å². The number of thiophene rings is 2. The first-order chi connectivity index (χ1) is 17.1. The Hall–Kier alpha value is -0.600. The molecule has 0 N–H and O–H groups in total. The van der Waals surface area contributed by atoms with Crippen LogP contribution in [0.4, 0.5) is 0 Å². The molecule has 0 saturated heterocycles. The number of unbranched alkanes of at least 4 members (excludes halogenated alkanes) is 6. The maximum absolute atomic E-state index is 6.23. The number of hydrogen-bond donors (Lipinski definition) is 0. The van der Waals surface area contributed by atoms with Gasteiger partial charge in [-0.3, -0.25) is 0 Å². The topological polar surface area (TPSA) is 18.5 Å². The average Bonchev–Trinajstić information content (AvgIpc) is 3.45. The van der Waals surface area contributed by atoms with Crippen LogP contribution in [-0.2, 0) is 9.47 Å². The van der Waals surface area contributed by atoms with Gasteiger partial charge in [-0.1, -0.05) is 76.1 Å². The third-order valence-electron chi connectivity index (χ3n) is 5.60. The molecule has 0 saturated carbocycles. The summed E-state index contributed by atoms with van der Waals surface area (Å²) in [6.45, 7) is 7.29. The highest BCUT2D eigenvalue weighted by atomic mass is 79.9. The van der Waals surface area contributed by atoms with E-state index < -0.39 is 0 Å². The van der Waals surface area contributed by atoms with Crippen LogP contribution in [0, 0.1) is 29.1 Å². The Balaban J connectivity index is 2.11. The Kier molecular flexibility index (Phi) is 16.3. The molecule has 2 aromatic rings. The highest BCUT2D eigenvalue weighted by molar-refractivity contribution is 9.11. The molecule has 0 radical (unpaired) electrons. The highest BCUT2D eigenvalue weighted by Crippen LogP contribution is 2.29. The molecule has 2 heterocycles. The van der Waals surface area contributed by atoms with Crippen molar-refractivity contribution in [3.8, 4) is 23.7 Å². The van der Waals surface area contributed by atoms with Crippen LogP contribution >= 0.6 is 54.5 Å². The average molecular weight is 643 g/mol. The van der Waals surface area contributed by atoms with E-state index in [1.54, 1.807) is 22.7 Å². The molecule has 6 heteroatoms. The van der Waals surface area contributed by atoms with Crippen LogP contribution in [0.25, 0.3) is 0 Å². The minimum absolute atomic E-state index is 0.238. The van der Waals surface area contributed by atoms with Crippen molar-refractivity contribution in [2.24, 2.45) is 5.41 Å². The summed E-state index contributed by atoms with van der Waals surface area (Å²) in [5.74, 6) is 13.6. The first kappa shape index (κ1) is 30.6. The van der Waals surface area contributed by atoms with Crippen molar-refractivity contribution in [1.29, 1.82) is 0 Å². The third kappa shape index (κ3) is 13.5. The van der Waals surface area contributed by atoms with Gasteiger partial charge in [0.1, 0.15) is 0 Å². The minimum Gasteiger partial charge on any atom is -0.381 e. The Morgan fingerprint density at radius 3 is 1.51 bits per heavy atom. The fraction of sp³-hybridized carbons (Fsp3) is 0.586. The zero-order valence-electron chi connectivity index (χ0n) is 21.1. The summed E-state index contributed by atoms with van der Waals surface area (Å²) < 4.78 is 14.7. The molecule has 0 amide bonds. The molecule has 0 spiro atoms. The SMILES string of the molecule is CCCCCCOCC(CC#Cc1ccc(Br)s1)(CC#Cc1ccc(Br)s1)COCCCCCC. The minimum atomic E-state index is -0.238. The number of hydrogen-bond acceptors (Lipinski definition) is 4. The van der Waals surface area contributed by atoms with Gasteiger partial charge < -0.3 is 9.47 Å². The first-order valence-electron chi connectivity index (χ1n) is 12.7. The lowest BCUT2D eigenvalue weighted by molar-refractivity contribution is -0.0195. The molecule has 0 atom stereocenters. The molecule has 0 aliphatic heterocycles. The predicted molar refractivity (Wildman–Crippen MR) is 159 cm³/mol. The molecule has 0 aliphatic carbocycles. The van der Waals surface area contributed by atoms with Crippen molar-refractivity contribution in [1.82, 2.24) is 0 Å². The zero-order chi connectivity index (χ0) is 25.2. The van der Waals surface area contributed by atoms with Gasteiger partial charge in [0.25, 0.3) is 0 Å². The van der Waals surface area contributed by atoms with E-state index in [0.717, 1.165) is 43.4 Å². The lowest BCUT2D eigenvalue weighted by Crippen LogP contribution is -2.32. The maximum atomic E-state index is 6.23. The van der Waals surface area contributed by atoms with E-state index >= 15 is 0 Å². The largest absolute Gasteiger partial charge is 0.381 e. The van der Waals surface area contributed by atoms with Gasteiger partial charge in [0.05, 0.1) is 30.5 Å². The third-order valence-corrected chi connectivity index (χ3v) is 8.68. The van der Waals surface area contributed by atoms with Crippen molar-refractivity contribution in [2.75, 3.05) is 26.4 Å². The smallest absolute Gasteiger partial charge is 0.0780 e. The molecule has 0 unspecified atom stereocenters. The molecular weight excluding hydrogens is 604 g/mol. The zero-order valence-corrected chi connectivity index (χ0v) is 25.9. The van der Waals surface area contributed by atoms with Crippen molar-refractivity contribution in [3.05, 3.63) is 41.6 Å². The Morgan fingerprint density at radius 1 is 0.686 bits per heavy atom. The van der Waals surface area contributed by atoms with Crippen molar-refractivity contribution >= 4 is 54.5 Å². The second-order valence-electron chi connectivity index (χ2n) is 8.89. The highest BCUT2D eigenvalue weighted by Gasteiger charge is 2.30. The van der Waals surface area contributed by atoms with Crippen molar-refractivity contribution in [2.45, 2.75) is 78.1 Å². The van der Waals surface area contributed by atoms with E-state index in [2.05, 4.69) is 81.5 Å². The first-order valence-corrected chi connectivity index (χ1v) is 15.9. The van der Waals surface area contributed by atoms with E-state index in [-0.39, 0.29) is 5.41 Å². The molecule has 35 heavy (non-hydrogen) atoms. The van der Waals surface area contributed by atoms with Gasteiger partial charge in [-0.25, -0.2) is 0 Å². The van der Waals surface area contributed by atoms with Crippen LogP contribution in [0.3, 0.4) is 0 Å². The number of ether oxygens (including phenoxy) is 2. The van der Waals surface area contributed by atoms with Gasteiger partial charge in [0.2, 0.25) is 0 Å². The van der Waals surface area contributed by atoms with Crippen LogP contribution in [0.1, 0.15) is 87.8 Å². The fourth-order valence-electron chi connectivity index (χ4n) is 3.55. The fourth-order valence-corrected chi connectivity index (χ4v) is 6.07. The van der Waals surface area contributed by atoms with Crippen LogP contribution < -0.4 is 0 Å². The summed E-state index contributed by atoms with van der Waals surface area (Å²) in [5.41, 5.74) is -0.238. The van der Waals surface area contributed by atoms with Gasteiger partial charge in [-0.2, -0.15) is 0 Å². The molecule has 0 fully saturated rings. The summed E-state index contributed by atoms with van der Waals surface area (Å²) in [4.78, 5) is 2.14. The van der Waals surface area contributed by atoms with Crippen LogP contribution in [-0.4, -0.2) is 26.4 Å². The van der Waals surface area contributed by atoms with E-state index in [0.29, 0.717) is 26.1 Å². The van der Waals surface area contributed by atoms with E-state index in [9.17, 15) is 0 Å². The van der Waals surface area contributed by atoms with E-state index in [1.165, 1.54) is 38.5 Å². The van der Waals surface area contributed by atoms with Crippen LogP contribution in [0.15, 0.2) is 31.8 Å². The summed E-state index contributed by atoms with van der Waals surface area (Å²) in [6, 6.07) is 8.22. The second kappa shape index (κ2) is 18.6. The quantitative estimate of drug-likeness (QED) is 0.134. The van der Waals surface area contributed by atoms with Crippen molar-refractivity contribution in [3.63, 3.8) is 0 Å². The molecule has 0 bridgehead atoms. The monoisotopic (exact) mass is 640 g/mol. The number of halogens is 2. The predicted octanol–water partition coefficient (Wildman–Crippen LogP) is 9.70. The maximum Gasteiger partial charge on any atom is 0.0780 e. The molecule has 2 aromatic heterocycles. The molecular formula is C29H38Br2O2S2. The lowest BCUT2D eigenvalue weighted by atomic mass is 9.83. The molecule has 2 nitrogen and oxygen atoms in total. The summed E-state index contributed by atoms with van der Waals surface area (Å²) >= 11 is 10.4. The Labute approximate surface area is 237 Å². The van der Waals surface area contributed by atoms with E-state index in [4.69, 9.17) is 9.47 Å². The van der Waals surface area contributed by atoms with Gasteiger partial charge >= 0.3 is 0 Å². The normalized spacial score (nSPS) is 11.1. The summed E-state index contributed by atoms with van der Waals surface area (Å²) in [6.07, 6.45) is 11.0. The number of rotatable bonds is 16. The van der Waals surface area contributed by atoms with Crippen molar-refractivity contribution < 1.29 is 9.47 Å². The summed E-state index contributed by atoms with van der Waals surface area (Å²) in [5, 5.41) is 0. The van der Waals surface area contributed by atoms with Gasteiger partial charge in [-0.05, 0) is 69.0 Å². The molecule has 2 rings (SSSR count). The van der Waals surface area contributed by atoms with Gasteiger partial charge in [0.15, 0.2) is 0 Å². The summed E-state index contributed by atoms with van der Waals surface area (Å²) in [7, 11) is 0. The molecule has 0 aliphatic rings. The molecule has 192 valence electrons. The van der Waals surface area contributed by atoms with Gasteiger partial charge in [-0.15, -0.1) is 22.7 Å².